The fraction of sp³-hybridized carbons (Fsp3) is 0.263. The summed E-state index contributed by atoms with van der Waals surface area (Å²) in [6, 6.07) is 11.2. The van der Waals surface area contributed by atoms with Gasteiger partial charge >= 0.3 is 5.97 Å². The number of hydrogen-bond acceptors (Lipinski definition) is 4. The van der Waals surface area contributed by atoms with Gasteiger partial charge in [-0.2, -0.15) is 0 Å². The zero-order valence-corrected chi connectivity index (χ0v) is 15.2. The number of rotatable bonds is 4. The average molecular weight is 389 g/mol. The lowest BCUT2D eigenvalue weighted by Crippen LogP contribution is -2.30. The second-order valence-electron chi connectivity index (χ2n) is 6.59. The van der Waals surface area contributed by atoms with Crippen molar-refractivity contribution in [1.82, 2.24) is 4.90 Å². The Hall–Kier alpha value is -2.93. The first-order valence-corrected chi connectivity index (χ1v) is 8.68. The van der Waals surface area contributed by atoms with Gasteiger partial charge < -0.3 is 10.0 Å². The second-order valence-corrected chi connectivity index (χ2v) is 7.03. The lowest BCUT2D eigenvalue weighted by Gasteiger charge is -2.17. The number of carbonyl (C=O) groups excluding carboxylic acids is 1. The molecule has 1 saturated heterocycles. The molecule has 0 radical (unpaired) electrons. The van der Waals surface area contributed by atoms with E-state index in [9.17, 15) is 24.8 Å². The minimum atomic E-state index is -1.01. The number of carbonyl (C=O) groups is 2. The van der Waals surface area contributed by atoms with Crippen molar-refractivity contribution in [3.05, 3.63) is 74.3 Å². The zero-order chi connectivity index (χ0) is 19.7. The molecule has 8 heteroatoms. The molecule has 0 saturated carbocycles. The molecule has 3 rings (SSSR count). The minimum Gasteiger partial charge on any atom is -0.481 e. The number of aryl methyl sites for hydroxylation is 1. The molecule has 2 atom stereocenters. The number of carboxylic acids is 1. The maximum Gasteiger partial charge on any atom is 0.308 e. The van der Waals surface area contributed by atoms with Gasteiger partial charge in [0.2, 0.25) is 0 Å². The summed E-state index contributed by atoms with van der Waals surface area (Å²) in [4.78, 5) is 36.7. The Balaban J connectivity index is 1.93. The zero-order valence-electron chi connectivity index (χ0n) is 14.5. The summed E-state index contributed by atoms with van der Waals surface area (Å²) in [6.07, 6.45) is 0. The predicted molar refractivity (Wildman–Crippen MR) is 99.1 cm³/mol. The van der Waals surface area contributed by atoms with E-state index in [0.717, 1.165) is 5.56 Å². The van der Waals surface area contributed by atoms with Crippen molar-refractivity contribution < 1.29 is 19.6 Å². The van der Waals surface area contributed by atoms with E-state index in [-0.39, 0.29) is 24.3 Å². The van der Waals surface area contributed by atoms with Crippen molar-refractivity contribution in [1.29, 1.82) is 0 Å². The van der Waals surface area contributed by atoms with Gasteiger partial charge in [-0.3, -0.25) is 19.7 Å². The molecule has 1 fully saturated rings. The van der Waals surface area contributed by atoms with Crippen molar-refractivity contribution in [3.63, 3.8) is 0 Å². The van der Waals surface area contributed by atoms with Crippen LogP contribution in [0.3, 0.4) is 0 Å². The summed E-state index contributed by atoms with van der Waals surface area (Å²) in [5.41, 5.74) is 1.17. The van der Waals surface area contributed by atoms with Crippen molar-refractivity contribution in [2.45, 2.75) is 12.8 Å². The molecule has 1 amide bonds. The Morgan fingerprint density at radius 1 is 1.19 bits per heavy atom. The monoisotopic (exact) mass is 388 g/mol. The Morgan fingerprint density at radius 3 is 2.44 bits per heavy atom. The SMILES string of the molecule is Cc1ccc([N+](=O)[O-])c(C(=O)N2C[C@@H](C(=O)O)[C@H](c3ccc(Cl)cc3)C2)c1. The maximum atomic E-state index is 12.9. The van der Waals surface area contributed by atoms with Gasteiger partial charge in [0.1, 0.15) is 5.56 Å². The van der Waals surface area contributed by atoms with Crippen LogP contribution < -0.4 is 0 Å². The lowest BCUT2D eigenvalue weighted by molar-refractivity contribution is -0.385. The van der Waals surface area contributed by atoms with Gasteiger partial charge in [-0.1, -0.05) is 29.8 Å². The van der Waals surface area contributed by atoms with Gasteiger partial charge in [-0.15, -0.1) is 0 Å². The number of benzene rings is 2. The summed E-state index contributed by atoms with van der Waals surface area (Å²) in [5, 5.41) is 21.4. The number of nitrogens with zero attached hydrogens (tertiary/aromatic N) is 2. The van der Waals surface area contributed by atoms with E-state index in [1.165, 1.54) is 17.0 Å². The number of aliphatic carboxylic acids is 1. The average Bonchev–Trinajstić information content (AvgIpc) is 3.07. The predicted octanol–water partition coefficient (Wildman–Crippen LogP) is 3.50. The minimum absolute atomic E-state index is 0.00738. The van der Waals surface area contributed by atoms with Crippen LogP contribution in [-0.2, 0) is 4.79 Å². The highest BCUT2D eigenvalue weighted by Crippen LogP contribution is 2.35. The van der Waals surface area contributed by atoms with Crippen molar-refractivity contribution in [3.8, 4) is 0 Å². The third-order valence-corrected chi connectivity index (χ3v) is 5.05. The molecular weight excluding hydrogens is 372 g/mol. The topological polar surface area (TPSA) is 101 Å². The van der Waals surface area contributed by atoms with Gasteiger partial charge in [0.05, 0.1) is 10.8 Å². The Bertz CT molecular complexity index is 913. The van der Waals surface area contributed by atoms with E-state index in [2.05, 4.69) is 0 Å². The molecule has 27 heavy (non-hydrogen) atoms. The highest BCUT2D eigenvalue weighted by molar-refractivity contribution is 6.30. The maximum absolute atomic E-state index is 12.9. The number of amides is 1. The van der Waals surface area contributed by atoms with Crippen LogP contribution in [0, 0.1) is 23.0 Å². The number of hydrogen-bond donors (Lipinski definition) is 1. The van der Waals surface area contributed by atoms with Gasteiger partial charge in [0, 0.05) is 30.1 Å². The first-order valence-electron chi connectivity index (χ1n) is 8.30. The second kappa shape index (κ2) is 7.36. The molecular formula is C19H17ClN2O5. The van der Waals surface area contributed by atoms with Crippen LogP contribution in [0.1, 0.15) is 27.4 Å². The molecule has 0 aliphatic carbocycles. The number of nitro groups is 1. The molecule has 1 N–H and O–H groups in total. The standard InChI is InChI=1S/C19H17ClN2O5/c1-11-2-7-17(22(26)27)14(8-11)18(23)21-9-15(16(10-21)19(24)25)12-3-5-13(20)6-4-12/h2-8,15-16H,9-10H2,1H3,(H,24,25)/t15-,16+/m0/s1. The first kappa shape index (κ1) is 18.8. The van der Waals surface area contributed by atoms with Gasteiger partial charge in [-0.05, 0) is 36.2 Å². The molecule has 140 valence electrons. The Kier molecular flexibility index (Phi) is 5.14. The lowest BCUT2D eigenvalue weighted by atomic mass is 9.89. The summed E-state index contributed by atoms with van der Waals surface area (Å²) >= 11 is 5.89. The van der Waals surface area contributed by atoms with Crippen LogP contribution in [0.15, 0.2) is 42.5 Å². The highest BCUT2D eigenvalue weighted by Gasteiger charge is 2.41. The number of nitro benzene ring substituents is 1. The molecule has 1 aliphatic heterocycles. The fourth-order valence-corrected chi connectivity index (χ4v) is 3.54. The molecule has 0 spiro atoms. The van der Waals surface area contributed by atoms with Crippen LogP contribution in [0.2, 0.25) is 5.02 Å². The summed E-state index contributed by atoms with van der Waals surface area (Å²) in [5.74, 6) is -2.75. The van der Waals surface area contributed by atoms with Crippen LogP contribution in [0.5, 0.6) is 0 Å². The van der Waals surface area contributed by atoms with Crippen molar-refractivity contribution in [2.24, 2.45) is 5.92 Å². The fourth-order valence-electron chi connectivity index (χ4n) is 3.42. The molecule has 1 aliphatic rings. The first-order chi connectivity index (χ1) is 12.8. The Morgan fingerprint density at radius 2 is 1.85 bits per heavy atom. The summed E-state index contributed by atoms with van der Waals surface area (Å²) in [7, 11) is 0. The molecule has 7 nitrogen and oxygen atoms in total. The van der Waals surface area contributed by atoms with E-state index in [0.29, 0.717) is 10.6 Å². The number of likely N-dealkylation sites (tertiary alicyclic amines) is 1. The number of halogens is 1. The molecule has 2 aromatic carbocycles. The van der Waals surface area contributed by atoms with Crippen LogP contribution in [0.25, 0.3) is 0 Å². The molecule has 0 bridgehead atoms. The third kappa shape index (κ3) is 3.78. The normalized spacial score (nSPS) is 19.1. The van der Waals surface area contributed by atoms with E-state index < -0.39 is 28.6 Å². The van der Waals surface area contributed by atoms with E-state index >= 15 is 0 Å². The third-order valence-electron chi connectivity index (χ3n) is 4.80. The smallest absolute Gasteiger partial charge is 0.308 e. The highest BCUT2D eigenvalue weighted by atomic mass is 35.5. The molecule has 2 aromatic rings. The van der Waals surface area contributed by atoms with Gasteiger partial charge in [-0.25, -0.2) is 0 Å². The molecule has 1 heterocycles. The van der Waals surface area contributed by atoms with Crippen molar-refractivity contribution >= 4 is 29.2 Å². The largest absolute Gasteiger partial charge is 0.481 e. The van der Waals surface area contributed by atoms with Gasteiger partial charge in [0.25, 0.3) is 11.6 Å². The molecule has 0 unspecified atom stereocenters. The van der Waals surface area contributed by atoms with Crippen molar-refractivity contribution in [2.75, 3.05) is 13.1 Å². The summed E-state index contributed by atoms with van der Waals surface area (Å²) in [6.45, 7) is 1.90. The quantitative estimate of drug-likeness (QED) is 0.638. The van der Waals surface area contributed by atoms with Crippen LogP contribution >= 0.6 is 11.6 Å². The summed E-state index contributed by atoms with van der Waals surface area (Å²) < 4.78 is 0. The Labute approximate surface area is 160 Å². The van der Waals surface area contributed by atoms with Crippen LogP contribution in [-0.4, -0.2) is 39.9 Å². The number of carboxylic acid groups (broad SMARTS) is 1. The van der Waals surface area contributed by atoms with Gasteiger partial charge in [0.15, 0.2) is 0 Å². The van der Waals surface area contributed by atoms with E-state index in [4.69, 9.17) is 11.6 Å². The van der Waals surface area contributed by atoms with E-state index in [1.807, 2.05) is 0 Å². The van der Waals surface area contributed by atoms with E-state index in [1.54, 1.807) is 37.3 Å². The molecule has 0 aromatic heterocycles. The van der Waals surface area contributed by atoms with Crippen LogP contribution in [0.4, 0.5) is 5.69 Å².